The van der Waals surface area contributed by atoms with E-state index in [1.165, 1.54) is 0 Å². The monoisotopic (exact) mass is 354 g/mol. The average Bonchev–Trinajstić information content (AvgIpc) is 2.67. The van der Waals surface area contributed by atoms with Gasteiger partial charge < -0.3 is 15.2 Å². The average molecular weight is 354 g/mol. The number of hydrogen-bond acceptors (Lipinski definition) is 4. The van der Waals surface area contributed by atoms with Crippen molar-refractivity contribution in [2.45, 2.75) is 32.3 Å². The molecule has 1 saturated heterocycles. The molecule has 1 aliphatic heterocycles. The Morgan fingerprint density at radius 2 is 1.96 bits per heavy atom. The van der Waals surface area contributed by atoms with Gasteiger partial charge in [0, 0.05) is 32.2 Å². The third-order valence-electron chi connectivity index (χ3n) is 4.97. The third kappa shape index (κ3) is 4.48. The molecule has 1 unspecified atom stereocenters. The standard InChI is InChI=1S/C21H26N2O3/c1-16(24)15-23-20(25)21(7-11-26-12-8-21)14-17-3-2-4-19(13-17)18-5-9-22-10-6-18/h2-6,9-10,13,16,24H,7-8,11-12,14-15H2,1H3,(H,23,25). The maximum atomic E-state index is 12.9. The molecule has 3 rings (SSSR count). The van der Waals surface area contributed by atoms with E-state index >= 15 is 0 Å². The van der Waals surface area contributed by atoms with Crippen molar-refractivity contribution in [2.24, 2.45) is 5.41 Å². The molecule has 1 fully saturated rings. The van der Waals surface area contributed by atoms with Crippen molar-refractivity contribution in [1.29, 1.82) is 0 Å². The predicted octanol–water partition coefficient (Wildman–Crippen LogP) is 2.58. The summed E-state index contributed by atoms with van der Waals surface area (Å²) >= 11 is 0. The number of hydrogen-bond donors (Lipinski definition) is 2. The molecule has 5 nitrogen and oxygen atoms in total. The zero-order valence-electron chi connectivity index (χ0n) is 15.1. The van der Waals surface area contributed by atoms with Crippen molar-refractivity contribution in [1.82, 2.24) is 10.3 Å². The summed E-state index contributed by atoms with van der Waals surface area (Å²) in [5, 5.41) is 12.4. The van der Waals surface area contributed by atoms with E-state index in [-0.39, 0.29) is 12.5 Å². The van der Waals surface area contributed by atoms with Gasteiger partial charge in [0.05, 0.1) is 11.5 Å². The number of pyridine rings is 1. The number of benzene rings is 1. The first kappa shape index (κ1) is 18.5. The second kappa shape index (κ2) is 8.43. The quantitative estimate of drug-likeness (QED) is 0.836. The Labute approximate surface area is 154 Å². The second-order valence-corrected chi connectivity index (χ2v) is 7.06. The highest BCUT2D eigenvalue weighted by molar-refractivity contribution is 5.83. The van der Waals surface area contributed by atoms with Crippen LogP contribution in [0.2, 0.25) is 0 Å². The van der Waals surface area contributed by atoms with Crippen molar-refractivity contribution in [3.63, 3.8) is 0 Å². The van der Waals surface area contributed by atoms with Gasteiger partial charge in [0.1, 0.15) is 0 Å². The van der Waals surface area contributed by atoms with Crippen molar-refractivity contribution in [2.75, 3.05) is 19.8 Å². The summed E-state index contributed by atoms with van der Waals surface area (Å²) < 4.78 is 5.49. The van der Waals surface area contributed by atoms with E-state index in [1.54, 1.807) is 19.3 Å². The maximum Gasteiger partial charge on any atom is 0.226 e. The molecule has 138 valence electrons. The van der Waals surface area contributed by atoms with E-state index in [4.69, 9.17) is 4.74 Å². The van der Waals surface area contributed by atoms with Gasteiger partial charge in [-0.1, -0.05) is 24.3 Å². The first-order valence-corrected chi connectivity index (χ1v) is 9.12. The van der Waals surface area contributed by atoms with Crippen LogP contribution in [-0.4, -0.2) is 41.9 Å². The smallest absolute Gasteiger partial charge is 0.226 e. The molecular formula is C21H26N2O3. The van der Waals surface area contributed by atoms with Crippen LogP contribution < -0.4 is 5.32 Å². The molecule has 0 spiro atoms. The minimum absolute atomic E-state index is 0.0102. The first-order chi connectivity index (χ1) is 12.6. The normalized spacial score (nSPS) is 17.5. The van der Waals surface area contributed by atoms with Gasteiger partial charge in [0.25, 0.3) is 0 Å². The van der Waals surface area contributed by atoms with Crippen molar-refractivity contribution < 1.29 is 14.6 Å². The Bertz CT molecular complexity index is 725. The summed E-state index contributed by atoms with van der Waals surface area (Å²) in [5.41, 5.74) is 2.88. The lowest BCUT2D eigenvalue weighted by atomic mass is 9.74. The lowest BCUT2D eigenvalue weighted by molar-refractivity contribution is -0.137. The molecule has 2 heterocycles. The Morgan fingerprint density at radius 1 is 1.23 bits per heavy atom. The second-order valence-electron chi connectivity index (χ2n) is 7.06. The molecule has 0 aliphatic carbocycles. The maximum absolute atomic E-state index is 12.9. The van der Waals surface area contributed by atoms with Gasteiger partial charge in [0.2, 0.25) is 5.91 Å². The predicted molar refractivity (Wildman–Crippen MR) is 101 cm³/mol. The topological polar surface area (TPSA) is 71.5 Å². The van der Waals surface area contributed by atoms with Crippen LogP contribution in [0.25, 0.3) is 11.1 Å². The van der Waals surface area contributed by atoms with E-state index < -0.39 is 11.5 Å². The summed E-state index contributed by atoms with van der Waals surface area (Å²) in [6.07, 6.45) is 5.07. The number of aliphatic hydroxyl groups is 1. The van der Waals surface area contributed by atoms with Crippen molar-refractivity contribution in [3.05, 3.63) is 54.4 Å². The molecule has 2 N–H and O–H groups in total. The van der Waals surface area contributed by atoms with E-state index in [0.717, 1.165) is 16.7 Å². The van der Waals surface area contributed by atoms with Crippen molar-refractivity contribution >= 4 is 5.91 Å². The van der Waals surface area contributed by atoms with E-state index in [9.17, 15) is 9.90 Å². The summed E-state index contributed by atoms with van der Waals surface area (Å²) in [6.45, 7) is 3.13. The molecule has 2 aromatic rings. The number of rotatable bonds is 6. The number of amides is 1. The van der Waals surface area contributed by atoms with E-state index in [1.807, 2.05) is 18.2 Å². The molecule has 1 atom stereocenters. The third-order valence-corrected chi connectivity index (χ3v) is 4.97. The minimum atomic E-state index is -0.550. The molecule has 1 amide bonds. The van der Waals surface area contributed by atoms with Crippen LogP contribution >= 0.6 is 0 Å². The zero-order valence-corrected chi connectivity index (χ0v) is 15.1. The van der Waals surface area contributed by atoms with Gasteiger partial charge in [-0.2, -0.15) is 0 Å². The largest absolute Gasteiger partial charge is 0.392 e. The highest BCUT2D eigenvalue weighted by Crippen LogP contribution is 2.35. The van der Waals surface area contributed by atoms with Crippen molar-refractivity contribution in [3.8, 4) is 11.1 Å². The summed E-state index contributed by atoms with van der Waals surface area (Å²) in [6, 6.07) is 12.3. The minimum Gasteiger partial charge on any atom is -0.392 e. The van der Waals surface area contributed by atoms with Crippen LogP contribution in [0.15, 0.2) is 48.8 Å². The fourth-order valence-corrected chi connectivity index (χ4v) is 3.47. The Hall–Kier alpha value is -2.24. The van der Waals surface area contributed by atoms with Gasteiger partial charge in [-0.25, -0.2) is 0 Å². The van der Waals surface area contributed by atoms with Crippen LogP contribution in [0.3, 0.4) is 0 Å². The van der Waals surface area contributed by atoms with Gasteiger partial charge in [-0.05, 0) is 55.0 Å². The Balaban J connectivity index is 1.82. The number of carbonyl (C=O) groups excluding carboxylic acids is 1. The molecule has 1 aliphatic rings. The van der Waals surface area contributed by atoms with E-state index in [2.05, 4.69) is 28.5 Å². The SMILES string of the molecule is CC(O)CNC(=O)C1(Cc2cccc(-c3ccncc3)c2)CCOCC1. The van der Waals surface area contributed by atoms with Crippen LogP contribution in [0, 0.1) is 5.41 Å². The lowest BCUT2D eigenvalue weighted by Crippen LogP contribution is -2.47. The molecule has 1 aromatic heterocycles. The fraction of sp³-hybridized carbons (Fsp3) is 0.429. The summed E-state index contributed by atoms with van der Waals surface area (Å²) in [7, 11) is 0. The fourth-order valence-electron chi connectivity index (χ4n) is 3.47. The highest BCUT2D eigenvalue weighted by Gasteiger charge is 2.40. The lowest BCUT2D eigenvalue weighted by Gasteiger charge is -2.36. The zero-order chi connectivity index (χ0) is 18.4. The van der Waals surface area contributed by atoms with Gasteiger partial charge >= 0.3 is 0 Å². The summed E-state index contributed by atoms with van der Waals surface area (Å²) in [4.78, 5) is 17.0. The molecule has 0 saturated carbocycles. The van der Waals surface area contributed by atoms with Crippen LogP contribution in [0.5, 0.6) is 0 Å². The number of aliphatic hydroxyl groups excluding tert-OH is 1. The van der Waals surface area contributed by atoms with Crippen LogP contribution in [0.1, 0.15) is 25.3 Å². The molecule has 1 aromatic carbocycles. The van der Waals surface area contributed by atoms with Gasteiger partial charge in [0.15, 0.2) is 0 Å². The van der Waals surface area contributed by atoms with Crippen LogP contribution in [-0.2, 0) is 16.0 Å². The number of nitrogens with one attached hydrogen (secondary N) is 1. The highest BCUT2D eigenvalue weighted by atomic mass is 16.5. The number of carbonyl (C=O) groups is 1. The van der Waals surface area contributed by atoms with Gasteiger partial charge in [-0.3, -0.25) is 9.78 Å². The van der Waals surface area contributed by atoms with Gasteiger partial charge in [-0.15, -0.1) is 0 Å². The first-order valence-electron chi connectivity index (χ1n) is 9.12. The molecular weight excluding hydrogens is 328 g/mol. The Morgan fingerprint density at radius 3 is 2.65 bits per heavy atom. The van der Waals surface area contributed by atoms with E-state index in [0.29, 0.717) is 32.5 Å². The number of ether oxygens (including phenoxy) is 1. The Kier molecular flexibility index (Phi) is 6.01. The van der Waals surface area contributed by atoms with Crippen LogP contribution in [0.4, 0.5) is 0 Å². The molecule has 5 heteroatoms. The number of aromatic nitrogens is 1. The molecule has 26 heavy (non-hydrogen) atoms. The molecule has 0 radical (unpaired) electrons. The molecule has 0 bridgehead atoms. The number of nitrogens with zero attached hydrogens (tertiary/aromatic N) is 1. The summed E-state index contributed by atoms with van der Waals surface area (Å²) in [5.74, 6) is 0.0102.